The fraction of sp³-hybridized carbons (Fsp3) is 0.951. The van der Waals surface area contributed by atoms with E-state index in [0.717, 1.165) is 95.8 Å². The number of hydrogen-bond donors (Lipinski definition) is 3. The van der Waals surface area contributed by atoms with Crippen molar-refractivity contribution in [3.8, 4) is 0 Å². The van der Waals surface area contributed by atoms with Gasteiger partial charge in [0.15, 0.2) is 12.2 Å². The molecule has 0 aromatic carbocycles. The zero-order valence-electron chi connectivity index (χ0n) is 65.3. The third kappa shape index (κ3) is 74.3. The predicted molar refractivity (Wildman–Crippen MR) is 409 cm³/mol. The highest BCUT2D eigenvalue weighted by Crippen LogP contribution is 2.45. The molecule has 0 saturated heterocycles. The topological polar surface area (TPSA) is 237 Å². The second kappa shape index (κ2) is 73.9. The minimum atomic E-state index is -4.96. The second-order valence-corrected chi connectivity index (χ2v) is 32.5. The number of carbonyl (C=O) groups excluding carboxylic acids is 4. The average molecular weight is 1470 g/mol. The van der Waals surface area contributed by atoms with Crippen LogP contribution in [0, 0.1) is 5.92 Å². The van der Waals surface area contributed by atoms with E-state index in [-0.39, 0.29) is 25.7 Å². The predicted octanol–water partition coefficient (Wildman–Crippen LogP) is 24.4. The Morgan fingerprint density at radius 3 is 0.680 bits per heavy atom. The second-order valence-electron chi connectivity index (χ2n) is 29.6. The molecule has 0 rings (SSSR count). The molecular weight excluding hydrogens is 1310 g/mol. The Bertz CT molecular complexity index is 1910. The molecule has 0 aliphatic rings. The summed E-state index contributed by atoms with van der Waals surface area (Å²) in [5.74, 6) is -1.30. The first-order valence-corrected chi connectivity index (χ1v) is 45.1. The molecule has 0 heterocycles. The molecule has 19 heteroatoms. The Kier molecular flexibility index (Phi) is 72.5. The third-order valence-electron chi connectivity index (χ3n) is 19.0. The quantitative estimate of drug-likeness (QED) is 0.0222. The Morgan fingerprint density at radius 1 is 0.270 bits per heavy atom. The normalized spacial score (nSPS) is 13.8. The molecule has 0 saturated carbocycles. The SMILES string of the molecule is CCCCCCCCCCCCCCCCCCCC(=O)OC[C@H](COP(=O)(O)OC[C@@H](O)COP(=O)(O)OC[C@@H](COC(=O)CCCCCCCCCCC)OC(=O)CCCCCCCCCCCCCCCCC)OC(=O)CCCCCCCCCCCCCCCCCCC(C)C. The zero-order valence-corrected chi connectivity index (χ0v) is 67.1. The van der Waals surface area contributed by atoms with Crippen molar-refractivity contribution in [3.63, 3.8) is 0 Å². The Hall–Kier alpha value is -1.94. The van der Waals surface area contributed by atoms with Crippen LogP contribution in [0.15, 0.2) is 0 Å². The summed E-state index contributed by atoms with van der Waals surface area (Å²) in [5, 5.41) is 10.6. The van der Waals surface area contributed by atoms with E-state index in [1.54, 1.807) is 0 Å². The maximum Gasteiger partial charge on any atom is 0.472 e. The molecule has 0 aliphatic carbocycles. The summed E-state index contributed by atoms with van der Waals surface area (Å²) in [6.07, 6.45) is 65.2. The molecule has 0 fully saturated rings. The number of esters is 4. The minimum absolute atomic E-state index is 0.109. The molecule has 0 aliphatic heterocycles. The number of aliphatic hydroxyl groups is 1. The maximum absolute atomic E-state index is 13.1. The summed E-state index contributed by atoms with van der Waals surface area (Å²) in [4.78, 5) is 73.0. The van der Waals surface area contributed by atoms with Crippen LogP contribution in [0.3, 0.4) is 0 Å². The zero-order chi connectivity index (χ0) is 73.4. The van der Waals surface area contributed by atoms with E-state index in [9.17, 15) is 43.2 Å². The lowest BCUT2D eigenvalue weighted by atomic mass is 10.0. The van der Waals surface area contributed by atoms with Crippen molar-refractivity contribution in [1.29, 1.82) is 0 Å². The van der Waals surface area contributed by atoms with Crippen molar-refractivity contribution in [3.05, 3.63) is 0 Å². The molecule has 100 heavy (non-hydrogen) atoms. The van der Waals surface area contributed by atoms with Gasteiger partial charge in [0.2, 0.25) is 0 Å². The van der Waals surface area contributed by atoms with Gasteiger partial charge in [0.05, 0.1) is 26.4 Å². The lowest BCUT2D eigenvalue weighted by Crippen LogP contribution is -2.30. The van der Waals surface area contributed by atoms with Crippen molar-refractivity contribution >= 4 is 39.5 Å². The van der Waals surface area contributed by atoms with Crippen molar-refractivity contribution < 1.29 is 80.2 Å². The number of phosphoric ester groups is 2. The first-order valence-electron chi connectivity index (χ1n) is 42.1. The van der Waals surface area contributed by atoms with Gasteiger partial charge in [-0.2, -0.15) is 0 Å². The lowest BCUT2D eigenvalue weighted by molar-refractivity contribution is -0.161. The molecular formula is C81H158O17P2. The van der Waals surface area contributed by atoms with Crippen molar-refractivity contribution in [2.45, 2.75) is 451 Å². The van der Waals surface area contributed by atoms with Gasteiger partial charge < -0.3 is 33.8 Å². The average Bonchev–Trinajstić information content (AvgIpc) is 0.942. The van der Waals surface area contributed by atoms with Gasteiger partial charge >= 0.3 is 39.5 Å². The minimum Gasteiger partial charge on any atom is -0.462 e. The molecule has 5 atom stereocenters. The highest BCUT2D eigenvalue weighted by molar-refractivity contribution is 7.47. The van der Waals surface area contributed by atoms with Crippen LogP contribution in [0.5, 0.6) is 0 Å². The van der Waals surface area contributed by atoms with Crippen molar-refractivity contribution in [2.24, 2.45) is 5.92 Å². The molecule has 0 radical (unpaired) electrons. The molecule has 0 bridgehead atoms. The number of phosphoric acid groups is 2. The molecule has 0 aromatic heterocycles. The first kappa shape index (κ1) is 98.1. The highest BCUT2D eigenvalue weighted by Gasteiger charge is 2.30. The summed E-state index contributed by atoms with van der Waals surface area (Å²) in [6.45, 7) is 7.35. The van der Waals surface area contributed by atoms with Crippen LogP contribution in [0.2, 0.25) is 0 Å². The molecule has 2 unspecified atom stereocenters. The first-order chi connectivity index (χ1) is 48.5. The number of carbonyl (C=O) groups is 4. The fourth-order valence-electron chi connectivity index (χ4n) is 12.6. The van der Waals surface area contributed by atoms with E-state index < -0.39 is 97.5 Å². The van der Waals surface area contributed by atoms with E-state index in [0.29, 0.717) is 25.7 Å². The Labute approximate surface area is 613 Å². The van der Waals surface area contributed by atoms with Gasteiger partial charge in [0.1, 0.15) is 19.3 Å². The van der Waals surface area contributed by atoms with E-state index in [1.165, 1.54) is 257 Å². The fourth-order valence-corrected chi connectivity index (χ4v) is 14.2. The summed E-state index contributed by atoms with van der Waals surface area (Å²) >= 11 is 0. The van der Waals surface area contributed by atoms with Gasteiger partial charge in [-0.15, -0.1) is 0 Å². The van der Waals surface area contributed by atoms with Crippen LogP contribution in [-0.2, 0) is 65.4 Å². The number of ether oxygens (including phenoxy) is 4. The summed E-state index contributed by atoms with van der Waals surface area (Å²) in [5.41, 5.74) is 0. The van der Waals surface area contributed by atoms with Gasteiger partial charge in [-0.3, -0.25) is 37.3 Å². The van der Waals surface area contributed by atoms with Crippen LogP contribution in [0.1, 0.15) is 433 Å². The van der Waals surface area contributed by atoms with Crippen molar-refractivity contribution in [1.82, 2.24) is 0 Å². The number of aliphatic hydroxyl groups excluding tert-OH is 1. The molecule has 594 valence electrons. The van der Waals surface area contributed by atoms with Crippen LogP contribution in [0.25, 0.3) is 0 Å². The highest BCUT2D eigenvalue weighted by atomic mass is 31.2. The third-order valence-corrected chi connectivity index (χ3v) is 20.9. The lowest BCUT2D eigenvalue weighted by Gasteiger charge is -2.21. The number of hydrogen-bond acceptors (Lipinski definition) is 15. The Balaban J connectivity index is 5.22. The van der Waals surface area contributed by atoms with Crippen LogP contribution in [0.4, 0.5) is 0 Å². The van der Waals surface area contributed by atoms with Crippen molar-refractivity contribution in [2.75, 3.05) is 39.6 Å². The monoisotopic (exact) mass is 1470 g/mol. The van der Waals surface area contributed by atoms with E-state index in [2.05, 4.69) is 34.6 Å². The molecule has 17 nitrogen and oxygen atoms in total. The van der Waals surface area contributed by atoms with Gasteiger partial charge in [-0.1, -0.05) is 381 Å². The van der Waals surface area contributed by atoms with E-state index in [1.807, 2.05) is 0 Å². The largest absolute Gasteiger partial charge is 0.472 e. The van der Waals surface area contributed by atoms with Gasteiger partial charge in [0.25, 0.3) is 0 Å². The van der Waals surface area contributed by atoms with E-state index >= 15 is 0 Å². The summed E-state index contributed by atoms with van der Waals surface area (Å²) < 4.78 is 68.7. The van der Waals surface area contributed by atoms with Crippen LogP contribution in [-0.4, -0.2) is 96.7 Å². The summed E-state index contributed by atoms with van der Waals surface area (Å²) in [6, 6.07) is 0. The van der Waals surface area contributed by atoms with Crippen LogP contribution < -0.4 is 0 Å². The van der Waals surface area contributed by atoms with Crippen LogP contribution >= 0.6 is 15.6 Å². The molecule has 0 spiro atoms. The van der Waals surface area contributed by atoms with Gasteiger partial charge in [-0.25, -0.2) is 9.13 Å². The summed E-state index contributed by atoms with van der Waals surface area (Å²) in [7, 11) is -9.92. The molecule has 0 amide bonds. The number of rotatable bonds is 81. The van der Waals surface area contributed by atoms with Gasteiger partial charge in [-0.05, 0) is 31.6 Å². The Morgan fingerprint density at radius 2 is 0.460 bits per heavy atom. The molecule has 3 N–H and O–H groups in total. The maximum atomic E-state index is 13.1. The standard InChI is InChI=1S/C81H158O17P2/c1-6-9-12-15-18-21-23-25-27-28-33-36-40-45-50-55-60-65-79(84)92-71-77(98-81(86)67-62-57-52-47-42-38-34-30-29-32-35-39-44-48-53-58-63-74(4)5)73-96-100(89,90)94-69-75(82)68-93-99(87,88)95-72-76(70-91-78(83)64-59-54-49-43-20-17-14-11-8-3)97-80(85)66-61-56-51-46-41-37-31-26-24-22-19-16-13-10-7-2/h74-77,82H,6-73H2,1-5H3,(H,87,88)(H,89,90)/t75-,76+,77+/m0/s1. The van der Waals surface area contributed by atoms with Gasteiger partial charge in [0, 0.05) is 25.7 Å². The number of unbranched alkanes of at least 4 members (excludes halogenated alkanes) is 53. The molecule has 0 aromatic rings. The van der Waals surface area contributed by atoms with E-state index in [4.69, 9.17) is 37.0 Å². The smallest absolute Gasteiger partial charge is 0.462 e.